The van der Waals surface area contributed by atoms with Crippen LogP contribution in [0.25, 0.3) is 0 Å². The number of hydrogen-bond donors (Lipinski definition) is 5. The van der Waals surface area contributed by atoms with E-state index >= 15 is 0 Å². The monoisotopic (exact) mass is 178 g/mol. The fourth-order valence-electron chi connectivity index (χ4n) is 0.870. The molecule has 0 aromatic heterocycles. The summed E-state index contributed by atoms with van der Waals surface area (Å²) in [6.07, 6.45) is 0. The molecule has 12 heavy (non-hydrogen) atoms. The van der Waals surface area contributed by atoms with Gasteiger partial charge in [-0.05, 0) is 0 Å². The minimum Gasteiger partial charge on any atom is -0.480 e. The Kier molecular flexibility index (Phi) is 4.11. The summed E-state index contributed by atoms with van der Waals surface area (Å²) in [6.45, 7) is 3.26. The van der Waals surface area contributed by atoms with Crippen LogP contribution in [0.2, 0.25) is 0 Å². The number of carbonyl (C=O) groups is 1. The van der Waals surface area contributed by atoms with Crippen LogP contribution in [0.5, 0.6) is 0 Å². The maximum absolute atomic E-state index is 10.5. The van der Waals surface area contributed by atoms with Gasteiger partial charge in [0.05, 0.1) is 0 Å². The first-order chi connectivity index (χ1) is 5.45. The molecule has 0 radical (unpaired) electrons. The highest BCUT2D eigenvalue weighted by Crippen LogP contribution is 2.19. The highest BCUT2D eigenvalue weighted by atomic mass is 16.5. The van der Waals surface area contributed by atoms with Crippen molar-refractivity contribution in [2.24, 2.45) is 5.41 Å². The van der Waals surface area contributed by atoms with E-state index in [9.17, 15) is 4.79 Å². The molecule has 0 aliphatic carbocycles. The Hall–Kier alpha value is -0.690. The van der Waals surface area contributed by atoms with Gasteiger partial charge in [-0.1, -0.05) is 13.8 Å². The van der Waals surface area contributed by atoms with Gasteiger partial charge in [0.1, 0.15) is 6.04 Å². The van der Waals surface area contributed by atoms with Crippen LogP contribution in [0.3, 0.4) is 0 Å². The second-order valence-electron chi connectivity index (χ2n) is 3.22. The second kappa shape index (κ2) is 4.36. The Labute approximate surface area is 70.1 Å². The van der Waals surface area contributed by atoms with E-state index in [2.05, 4.69) is 0 Å². The van der Waals surface area contributed by atoms with Gasteiger partial charge in [-0.25, -0.2) is 5.48 Å². The lowest BCUT2D eigenvalue weighted by molar-refractivity contribution is -0.147. The number of hydrogen-bond acceptors (Lipinski definition) is 5. The Morgan fingerprint density at radius 1 is 1.50 bits per heavy atom. The normalized spacial score (nSPS) is 14.3. The summed E-state index contributed by atoms with van der Waals surface area (Å²) in [5.41, 5.74) is 2.76. The quantitative estimate of drug-likeness (QED) is 0.361. The van der Waals surface area contributed by atoms with Crippen LogP contribution in [0.15, 0.2) is 0 Å². The van der Waals surface area contributed by atoms with Crippen molar-refractivity contribution in [3.63, 3.8) is 0 Å². The van der Waals surface area contributed by atoms with Gasteiger partial charge < -0.3 is 15.5 Å². The molecule has 0 saturated heterocycles. The predicted molar refractivity (Wildman–Crippen MR) is 39.9 cm³/mol. The molecule has 0 amide bonds. The van der Waals surface area contributed by atoms with Crippen molar-refractivity contribution in [2.75, 3.05) is 6.54 Å². The van der Waals surface area contributed by atoms with Gasteiger partial charge in [0.15, 0.2) is 0 Å². The third-order valence-corrected chi connectivity index (χ3v) is 1.69. The van der Waals surface area contributed by atoms with Gasteiger partial charge in [0, 0.05) is 12.0 Å². The van der Waals surface area contributed by atoms with Crippen LogP contribution in [-0.2, 0) is 4.79 Å². The van der Waals surface area contributed by atoms with Gasteiger partial charge in [-0.15, -0.1) is 0 Å². The third kappa shape index (κ3) is 2.74. The molecule has 1 atom stereocenters. The van der Waals surface area contributed by atoms with Crippen molar-refractivity contribution in [3.05, 3.63) is 0 Å². The van der Waals surface area contributed by atoms with Crippen LogP contribution in [0.1, 0.15) is 13.8 Å². The molecular formula is C6H14N2O4. The van der Waals surface area contributed by atoms with Crippen molar-refractivity contribution >= 4 is 5.97 Å². The standard InChI is InChI=1S/C6H14N2O4/c1-6(2,3-7-11)4(8-12)5(9)10/h4,7-8,11-12H,3H2,1-2H3,(H,9,10). The van der Waals surface area contributed by atoms with E-state index < -0.39 is 17.4 Å². The van der Waals surface area contributed by atoms with Crippen molar-refractivity contribution in [3.8, 4) is 0 Å². The summed E-state index contributed by atoms with van der Waals surface area (Å²) in [5.74, 6) is -1.17. The summed E-state index contributed by atoms with van der Waals surface area (Å²) >= 11 is 0. The van der Waals surface area contributed by atoms with Crippen molar-refractivity contribution in [2.45, 2.75) is 19.9 Å². The van der Waals surface area contributed by atoms with E-state index in [1.54, 1.807) is 19.3 Å². The van der Waals surface area contributed by atoms with Crippen molar-refractivity contribution in [1.82, 2.24) is 11.0 Å². The van der Waals surface area contributed by atoms with Crippen LogP contribution >= 0.6 is 0 Å². The second-order valence-corrected chi connectivity index (χ2v) is 3.22. The largest absolute Gasteiger partial charge is 0.480 e. The maximum Gasteiger partial charge on any atom is 0.323 e. The molecule has 0 fully saturated rings. The highest BCUT2D eigenvalue weighted by molar-refractivity contribution is 5.74. The average molecular weight is 178 g/mol. The minimum absolute atomic E-state index is 0.0670. The molecule has 0 saturated carbocycles. The summed E-state index contributed by atoms with van der Waals surface area (Å²) in [4.78, 5) is 10.5. The molecule has 0 heterocycles. The molecule has 0 rings (SSSR count). The van der Waals surface area contributed by atoms with Gasteiger partial charge in [0.2, 0.25) is 0 Å². The molecule has 0 aromatic carbocycles. The number of carboxylic acids is 1. The third-order valence-electron chi connectivity index (χ3n) is 1.69. The summed E-state index contributed by atoms with van der Waals surface area (Å²) < 4.78 is 0. The summed E-state index contributed by atoms with van der Waals surface area (Å²) in [7, 11) is 0. The molecule has 0 aliphatic heterocycles. The smallest absolute Gasteiger partial charge is 0.323 e. The zero-order chi connectivity index (χ0) is 9.78. The van der Waals surface area contributed by atoms with Crippen molar-refractivity contribution < 1.29 is 20.3 Å². The number of nitrogens with one attached hydrogen (secondary N) is 2. The van der Waals surface area contributed by atoms with E-state index in [1.165, 1.54) is 0 Å². The van der Waals surface area contributed by atoms with Crippen LogP contribution in [0.4, 0.5) is 0 Å². The molecule has 5 N–H and O–H groups in total. The predicted octanol–water partition coefficient (Wildman–Crippen LogP) is -0.577. The number of rotatable bonds is 5. The fourth-order valence-corrected chi connectivity index (χ4v) is 0.870. The SMILES string of the molecule is CC(C)(CNO)C(NO)C(=O)O. The molecule has 0 bridgehead atoms. The first kappa shape index (κ1) is 11.3. The molecule has 1 unspecified atom stereocenters. The lowest BCUT2D eigenvalue weighted by Crippen LogP contribution is -2.50. The highest BCUT2D eigenvalue weighted by Gasteiger charge is 2.34. The topological polar surface area (TPSA) is 102 Å². The van der Waals surface area contributed by atoms with E-state index in [0.29, 0.717) is 0 Å². The average Bonchev–Trinajstić information content (AvgIpc) is 1.86. The first-order valence-corrected chi connectivity index (χ1v) is 3.45. The molecular weight excluding hydrogens is 164 g/mol. The maximum atomic E-state index is 10.5. The van der Waals surface area contributed by atoms with Gasteiger partial charge >= 0.3 is 5.97 Å². The Morgan fingerprint density at radius 2 is 2.00 bits per heavy atom. The van der Waals surface area contributed by atoms with Crippen LogP contribution < -0.4 is 11.0 Å². The van der Waals surface area contributed by atoms with E-state index in [-0.39, 0.29) is 6.54 Å². The number of aliphatic carboxylic acids is 1. The van der Waals surface area contributed by atoms with Crippen LogP contribution in [-0.4, -0.2) is 34.1 Å². The van der Waals surface area contributed by atoms with Crippen LogP contribution in [0, 0.1) is 5.41 Å². The van der Waals surface area contributed by atoms with E-state index in [1.807, 2.05) is 5.48 Å². The number of hydroxylamine groups is 2. The van der Waals surface area contributed by atoms with E-state index in [0.717, 1.165) is 0 Å². The molecule has 0 aromatic rings. The molecule has 72 valence electrons. The van der Waals surface area contributed by atoms with Gasteiger partial charge in [0.25, 0.3) is 0 Å². The summed E-state index contributed by atoms with van der Waals surface area (Å²) in [6, 6.07) is -1.11. The Morgan fingerprint density at radius 3 is 2.25 bits per heavy atom. The fraction of sp³-hybridized carbons (Fsp3) is 0.833. The molecule has 0 spiro atoms. The van der Waals surface area contributed by atoms with Gasteiger partial charge in [-0.3, -0.25) is 4.79 Å². The summed E-state index contributed by atoms with van der Waals surface area (Å²) in [5, 5.41) is 25.5. The Balaban J connectivity index is 4.36. The van der Waals surface area contributed by atoms with Crippen molar-refractivity contribution in [1.29, 1.82) is 0 Å². The molecule has 6 nitrogen and oxygen atoms in total. The molecule has 0 aliphatic rings. The zero-order valence-corrected chi connectivity index (χ0v) is 7.03. The van der Waals surface area contributed by atoms with Gasteiger partial charge in [-0.2, -0.15) is 5.48 Å². The molecule has 6 heteroatoms. The first-order valence-electron chi connectivity index (χ1n) is 3.45. The minimum atomic E-state index is -1.17. The Bertz CT molecular complexity index is 160. The zero-order valence-electron chi connectivity index (χ0n) is 7.03. The lowest BCUT2D eigenvalue weighted by atomic mass is 9.85. The lowest BCUT2D eigenvalue weighted by Gasteiger charge is -2.29. The number of carboxylic acid groups (broad SMARTS) is 1. The van der Waals surface area contributed by atoms with E-state index in [4.69, 9.17) is 15.5 Å².